The van der Waals surface area contributed by atoms with Crippen LogP contribution in [0.15, 0.2) is 18.2 Å². The molecule has 0 aliphatic heterocycles. The average molecular weight is 186 g/mol. The molecule has 0 aliphatic carbocycles. The normalized spacial score (nSPS) is 10.1. The van der Waals surface area contributed by atoms with E-state index in [0.717, 1.165) is 16.6 Å². The van der Waals surface area contributed by atoms with Gasteiger partial charge in [0.1, 0.15) is 11.8 Å². The van der Waals surface area contributed by atoms with Crippen molar-refractivity contribution in [1.29, 1.82) is 5.26 Å². The number of aromatic nitrogens is 1. The number of rotatable bonds is 1. The first kappa shape index (κ1) is 8.64. The molecule has 0 amide bonds. The number of nitrogens with zero attached hydrogens (tertiary/aromatic N) is 1. The van der Waals surface area contributed by atoms with E-state index >= 15 is 0 Å². The Labute approximate surface area is 81.9 Å². The SMILES string of the molecule is COc1c(C#N)ccc2[nH]c(C)cc12. The highest BCUT2D eigenvalue weighted by atomic mass is 16.5. The van der Waals surface area contributed by atoms with E-state index in [9.17, 15) is 0 Å². The minimum Gasteiger partial charge on any atom is -0.495 e. The topological polar surface area (TPSA) is 48.8 Å². The minimum absolute atomic E-state index is 0.569. The molecule has 0 radical (unpaired) electrons. The smallest absolute Gasteiger partial charge is 0.145 e. The lowest BCUT2D eigenvalue weighted by Gasteiger charge is -2.02. The highest BCUT2D eigenvalue weighted by molar-refractivity contribution is 5.89. The molecule has 0 atom stereocenters. The van der Waals surface area contributed by atoms with Gasteiger partial charge in [-0.3, -0.25) is 0 Å². The van der Waals surface area contributed by atoms with Gasteiger partial charge in [-0.15, -0.1) is 0 Å². The number of hydrogen-bond donors (Lipinski definition) is 1. The molecule has 0 bridgehead atoms. The van der Waals surface area contributed by atoms with Crippen molar-refractivity contribution < 1.29 is 4.74 Å². The molecule has 3 heteroatoms. The van der Waals surface area contributed by atoms with E-state index < -0.39 is 0 Å². The fourth-order valence-corrected chi connectivity index (χ4v) is 1.62. The molecule has 0 unspecified atom stereocenters. The van der Waals surface area contributed by atoms with Crippen LogP contribution in [0, 0.1) is 18.3 Å². The molecule has 14 heavy (non-hydrogen) atoms. The van der Waals surface area contributed by atoms with Crippen LogP contribution < -0.4 is 4.74 Å². The zero-order valence-corrected chi connectivity index (χ0v) is 8.09. The summed E-state index contributed by atoms with van der Waals surface area (Å²) < 4.78 is 5.22. The van der Waals surface area contributed by atoms with E-state index in [2.05, 4.69) is 11.1 Å². The Hall–Kier alpha value is -1.95. The Kier molecular flexibility index (Phi) is 1.90. The zero-order valence-electron chi connectivity index (χ0n) is 8.09. The Morgan fingerprint density at radius 1 is 1.43 bits per heavy atom. The van der Waals surface area contributed by atoms with E-state index in [-0.39, 0.29) is 0 Å². The molecule has 0 saturated heterocycles. The van der Waals surface area contributed by atoms with Gasteiger partial charge in [-0.1, -0.05) is 0 Å². The summed E-state index contributed by atoms with van der Waals surface area (Å²) in [5.41, 5.74) is 2.63. The van der Waals surface area contributed by atoms with Crippen LogP contribution in [0.1, 0.15) is 11.3 Å². The number of H-pyrrole nitrogens is 1. The lowest BCUT2D eigenvalue weighted by Crippen LogP contribution is -1.87. The number of methoxy groups -OCH3 is 1. The number of ether oxygens (including phenoxy) is 1. The average Bonchev–Trinajstić information content (AvgIpc) is 2.56. The van der Waals surface area contributed by atoms with Crippen LogP contribution in [0.3, 0.4) is 0 Å². The van der Waals surface area contributed by atoms with Crippen molar-refractivity contribution in [1.82, 2.24) is 4.98 Å². The lowest BCUT2D eigenvalue weighted by atomic mass is 10.1. The summed E-state index contributed by atoms with van der Waals surface area (Å²) in [5.74, 6) is 0.648. The van der Waals surface area contributed by atoms with E-state index in [1.165, 1.54) is 0 Å². The molecule has 2 aromatic rings. The fraction of sp³-hybridized carbons (Fsp3) is 0.182. The number of aryl methyl sites for hydroxylation is 1. The molecule has 0 saturated carbocycles. The number of nitrogens with one attached hydrogen (secondary N) is 1. The second-order valence-corrected chi connectivity index (χ2v) is 3.17. The summed E-state index contributed by atoms with van der Waals surface area (Å²) in [7, 11) is 1.58. The maximum atomic E-state index is 8.88. The summed E-state index contributed by atoms with van der Waals surface area (Å²) in [5, 5.41) is 9.84. The minimum atomic E-state index is 0.569. The molecular formula is C11H10N2O. The maximum absolute atomic E-state index is 8.88. The Balaban J connectivity index is 2.84. The zero-order chi connectivity index (χ0) is 10.1. The number of fused-ring (bicyclic) bond motifs is 1. The number of nitriles is 1. The molecule has 0 aliphatic rings. The molecule has 1 aromatic heterocycles. The third-order valence-electron chi connectivity index (χ3n) is 2.21. The Morgan fingerprint density at radius 3 is 2.86 bits per heavy atom. The van der Waals surface area contributed by atoms with Crippen molar-refractivity contribution >= 4 is 10.9 Å². The van der Waals surface area contributed by atoms with Gasteiger partial charge in [0.25, 0.3) is 0 Å². The monoisotopic (exact) mass is 186 g/mol. The van der Waals surface area contributed by atoms with Gasteiger partial charge in [0.05, 0.1) is 12.7 Å². The van der Waals surface area contributed by atoms with Gasteiger partial charge in [-0.05, 0) is 25.1 Å². The molecule has 1 aromatic carbocycles. The maximum Gasteiger partial charge on any atom is 0.145 e. The first-order valence-corrected chi connectivity index (χ1v) is 4.32. The van der Waals surface area contributed by atoms with E-state index in [1.807, 2.05) is 19.1 Å². The first-order chi connectivity index (χ1) is 6.76. The molecule has 1 heterocycles. The van der Waals surface area contributed by atoms with Gasteiger partial charge >= 0.3 is 0 Å². The van der Waals surface area contributed by atoms with Crippen LogP contribution in [-0.2, 0) is 0 Å². The van der Waals surface area contributed by atoms with Gasteiger partial charge in [0, 0.05) is 16.6 Å². The van der Waals surface area contributed by atoms with E-state index in [0.29, 0.717) is 11.3 Å². The molecule has 70 valence electrons. The molecule has 3 nitrogen and oxygen atoms in total. The van der Waals surface area contributed by atoms with Gasteiger partial charge in [0.2, 0.25) is 0 Å². The van der Waals surface area contributed by atoms with Gasteiger partial charge in [-0.25, -0.2) is 0 Å². The fourth-order valence-electron chi connectivity index (χ4n) is 1.62. The van der Waals surface area contributed by atoms with Crippen LogP contribution in [0.4, 0.5) is 0 Å². The van der Waals surface area contributed by atoms with Crippen molar-refractivity contribution in [2.24, 2.45) is 0 Å². The van der Waals surface area contributed by atoms with Crippen molar-refractivity contribution in [2.75, 3.05) is 7.11 Å². The summed E-state index contributed by atoms with van der Waals surface area (Å²) in [6.07, 6.45) is 0. The number of hydrogen-bond acceptors (Lipinski definition) is 2. The predicted molar refractivity (Wildman–Crippen MR) is 54.3 cm³/mol. The highest BCUT2D eigenvalue weighted by Gasteiger charge is 2.08. The van der Waals surface area contributed by atoms with Crippen LogP contribution >= 0.6 is 0 Å². The second-order valence-electron chi connectivity index (χ2n) is 3.17. The third-order valence-corrected chi connectivity index (χ3v) is 2.21. The largest absolute Gasteiger partial charge is 0.495 e. The number of benzene rings is 1. The van der Waals surface area contributed by atoms with Crippen LogP contribution in [-0.4, -0.2) is 12.1 Å². The predicted octanol–water partition coefficient (Wildman–Crippen LogP) is 2.36. The molecule has 2 rings (SSSR count). The summed E-state index contributed by atoms with van der Waals surface area (Å²) in [6.45, 7) is 1.98. The van der Waals surface area contributed by atoms with Crippen molar-refractivity contribution in [3.8, 4) is 11.8 Å². The first-order valence-electron chi connectivity index (χ1n) is 4.32. The third kappa shape index (κ3) is 1.12. The van der Waals surface area contributed by atoms with Gasteiger partial charge < -0.3 is 9.72 Å². The summed E-state index contributed by atoms with van der Waals surface area (Å²) >= 11 is 0. The quantitative estimate of drug-likeness (QED) is 0.743. The van der Waals surface area contributed by atoms with Gasteiger partial charge in [0.15, 0.2) is 0 Å². The molecule has 0 fully saturated rings. The van der Waals surface area contributed by atoms with Gasteiger partial charge in [-0.2, -0.15) is 5.26 Å². The lowest BCUT2D eigenvalue weighted by molar-refractivity contribution is 0.418. The summed E-state index contributed by atoms with van der Waals surface area (Å²) in [4.78, 5) is 3.20. The van der Waals surface area contributed by atoms with Crippen molar-refractivity contribution in [3.05, 3.63) is 29.5 Å². The van der Waals surface area contributed by atoms with E-state index in [4.69, 9.17) is 10.00 Å². The Bertz CT molecular complexity index is 520. The molecular weight excluding hydrogens is 176 g/mol. The second kappa shape index (κ2) is 3.08. The van der Waals surface area contributed by atoms with Crippen LogP contribution in [0.25, 0.3) is 10.9 Å². The summed E-state index contributed by atoms with van der Waals surface area (Å²) in [6, 6.07) is 7.74. The number of aromatic amines is 1. The highest BCUT2D eigenvalue weighted by Crippen LogP contribution is 2.29. The van der Waals surface area contributed by atoms with Crippen LogP contribution in [0.2, 0.25) is 0 Å². The Morgan fingerprint density at radius 2 is 2.21 bits per heavy atom. The molecule has 1 N–H and O–H groups in total. The standard InChI is InChI=1S/C11H10N2O/c1-7-5-9-10(13-7)4-3-8(6-12)11(9)14-2/h3-5,13H,1-2H3. The van der Waals surface area contributed by atoms with Crippen LogP contribution in [0.5, 0.6) is 5.75 Å². The van der Waals surface area contributed by atoms with Crippen molar-refractivity contribution in [3.63, 3.8) is 0 Å². The van der Waals surface area contributed by atoms with Crippen molar-refractivity contribution in [2.45, 2.75) is 6.92 Å². The molecule has 0 spiro atoms. The van der Waals surface area contributed by atoms with E-state index in [1.54, 1.807) is 13.2 Å².